The van der Waals surface area contributed by atoms with Crippen LogP contribution in [-0.2, 0) is 6.42 Å². The Bertz CT molecular complexity index is 425. The Balaban J connectivity index is 2.23. The fourth-order valence-corrected chi connectivity index (χ4v) is 3.47. The van der Waals surface area contributed by atoms with E-state index in [0.29, 0.717) is 18.5 Å². The molecule has 0 unspecified atom stereocenters. The third-order valence-electron chi connectivity index (χ3n) is 4.08. The lowest BCUT2D eigenvalue weighted by Gasteiger charge is -2.33. The van der Waals surface area contributed by atoms with E-state index in [4.69, 9.17) is 17.3 Å². The van der Waals surface area contributed by atoms with E-state index in [1.165, 1.54) is 36.9 Å². The standard InChI is InChI=1S/C17H27ClN2/c1-13(2)12-20(15-5-3-4-6-15)17-8-7-14(9-10-19)11-16(17)18/h7-8,11,13,15H,3-6,9-10,12,19H2,1-2H3. The van der Waals surface area contributed by atoms with E-state index in [1.54, 1.807) is 0 Å². The Morgan fingerprint density at radius 2 is 2.00 bits per heavy atom. The van der Waals surface area contributed by atoms with Crippen molar-refractivity contribution in [1.29, 1.82) is 0 Å². The quantitative estimate of drug-likeness (QED) is 0.850. The second kappa shape index (κ2) is 7.33. The third kappa shape index (κ3) is 3.89. The maximum Gasteiger partial charge on any atom is 0.0642 e. The van der Waals surface area contributed by atoms with Crippen LogP contribution in [0.2, 0.25) is 5.02 Å². The molecule has 1 aliphatic carbocycles. The molecule has 0 spiro atoms. The van der Waals surface area contributed by atoms with Gasteiger partial charge in [0.2, 0.25) is 0 Å². The van der Waals surface area contributed by atoms with Crippen molar-refractivity contribution in [2.24, 2.45) is 11.7 Å². The van der Waals surface area contributed by atoms with Gasteiger partial charge >= 0.3 is 0 Å². The Kier molecular flexibility index (Phi) is 5.74. The van der Waals surface area contributed by atoms with Crippen LogP contribution in [0, 0.1) is 5.92 Å². The highest BCUT2D eigenvalue weighted by Crippen LogP contribution is 2.34. The first kappa shape index (κ1) is 15.7. The van der Waals surface area contributed by atoms with Gasteiger partial charge in [0.05, 0.1) is 10.7 Å². The zero-order valence-electron chi connectivity index (χ0n) is 12.7. The summed E-state index contributed by atoms with van der Waals surface area (Å²) in [5.41, 5.74) is 8.06. The van der Waals surface area contributed by atoms with Gasteiger partial charge in [-0.15, -0.1) is 0 Å². The van der Waals surface area contributed by atoms with E-state index < -0.39 is 0 Å². The SMILES string of the molecule is CC(C)CN(c1ccc(CCN)cc1Cl)C1CCCC1. The number of benzene rings is 1. The molecule has 0 heterocycles. The van der Waals surface area contributed by atoms with Gasteiger partial charge in [0.15, 0.2) is 0 Å². The van der Waals surface area contributed by atoms with Crippen LogP contribution < -0.4 is 10.6 Å². The normalized spacial score (nSPS) is 16.1. The van der Waals surface area contributed by atoms with Gasteiger partial charge in [0, 0.05) is 12.6 Å². The van der Waals surface area contributed by atoms with Crippen LogP contribution in [0.1, 0.15) is 45.1 Å². The van der Waals surface area contributed by atoms with E-state index >= 15 is 0 Å². The number of hydrogen-bond acceptors (Lipinski definition) is 2. The highest BCUT2D eigenvalue weighted by atomic mass is 35.5. The Labute approximate surface area is 128 Å². The number of rotatable bonds is 6. The maximum atomic E-state index is 6.54. The van der Waals surface area contributed by atoms with Gasteiger partial charge in [-0.3, -0.25) is 0 Å². The van der Waals surface area contributed by atoms with E-state index in [-0.39, 0.29) is 0 Å². The summed E-state index contributed by atoms with van der Waals surface area (Å²) in [5.74, 6) is 0.649. The smallest absolute Gasteiger partial charge is 0.0642 e. The summed E-state index contributed by atoms with van der Waals surface area (Å²) in [6.07, 6.45) is 6.19. The topological polar surface area (TPSA) is 29.3 Å². The van der Waals surface area contributed by atoms with Crippen LogP contribution in [0.3, 0.4) is 0 Å². The fourth-order valence-electron chi connectivity index (χ4n) is 3.16. The minimum Gasteiger partial charge on any atom is -0.367 e. The predicted octanol–water partition coefficient (Wildman–Crippen LogP) is 4.25. The summed E-state index contributed by atoms with van der Waals surface area (Å²) >= 11 is 6.54. The summed E-state index contributed by atoms with van der Waals surface area (Å²) in [6.45, 7) is 6.31. The van der Waals surface area contributed by atoms with Gasteiger partial charge in [-0.05, 0) is 49.4 Å². The molecule has 2 N–H and O–H groups in total. The number of nitrogens with two attached hydrogens (primary N) is 1. The summed E-state index contributed by atoms with van der Waals surface area (Å²) < 4.78 is 0. The van der Waals surface area contributed by atoms with Crippen molar-refractivity contribution in [2.45, 2.75) is 52.0 Å². The molecule has 0 aromatic heterocycles. The van der Waals surface area contributed by atoms with Gasteiger partial charge < -0.3 is 10.6 Å². The second-order valence-corrected chi connectivity index (χ2v) is 6.72. The van der Waals surface area contributed by atoms with E-state index in [2.05, 4.69) is 36.9 Å². The molecular formula is C17H27ClN2. The number of hydrogen-bond donors (Lipinski definition) is 1. The molecule has 2 rings (SSSR count). The van der Waals surface area contributed by atoms with Crippen molar-refractivity contribution < 1.29 is 0 Å². The lowest BCUT2D eigenvalue weighted by molar-refractivity contribution is 0.536. The highest BCUT2D eigenvalue weighted by Gasteiger charge is 2.24. The van der Waals surface area contributed by atoms with E-state index in [9.17, 15) is 0 Å². The predicted molar refractivity (Wildman–Crippen MR) is 88.7 cm³/mol. The molecule has 1 aromatic carbocycles. The number of nitrogens with zero attached hydrogens (tertiary/aromatic N) is 1. The van der Waals surface area contributed by atoms with Crippen LogP contribution in [0.25, 0.3) is 0 Å². The molecule has 1 aromatic rings. The van der Waals surface area contributed by atoms with Gasteiger partial charge in [0.1, 0.15) is 0 Å². The lowest BCUT2D eigenvalue weighted by atomic mass is 10.1. The molecule has 0 amide bonds. The first-order valence-corrected chi connectivity index (χ1v) is 8.24. The number of halogens is 1. The summed E-state index contributed by atoms with van der Waals surface area (Å²) in [5, 5.41) is 0.878. The van der Waals surface area contributed by atoms with Crippen LogP contribution in [0.5, 0.6) is 0 Å². The zero-order chi connectivity index (χ0) is 14.5. The summed E-state index contributed by atoms with van der Waals surface area (Å²) in [7, 11) is 0. The molecule has 112 valence electrons. The van der Waals surface area contributed by atoms with Crippen molar-refractivity contribution in [3.05, 3.63) is 28.8 Å². The third-order valence-corrected chi connectivity index (χ3v) is 4.38. The van der Waals surface area contributed by atoms with Gasteiger partial charge in [-0.2, -0.15) is 0 Å². The molecule has 1 saturated carbocycles. The van der Waals surface area contributed by atoms with Crippen LogP contribution in [0.4, 0.5) is 5.69 Å². The zero-order valence-corrected chi connectivity index (χ0v) is 13.5. The summed E-state index contributed by atoms with van der Waals surface area (Å²) in [6, 6.07) is 7.12. The largest absolute Gasteiger partial charge is 0.367 e. The molecule has 2 nitrogen and oxygen atoms in total. The average Bonchev–Trinajstić information content (AvgIpc) is 2.90. The minimum absolute atomic E-state index is 0.649. The van der Waals surface area contributed by atoms with Crippen molar-refractivity contribution >= 4 is 17.3 Å². The molecular weight excluding hydrogens is 268 g/mol. The van der Waals surface area contributed by atoms with Gasteiger partial charge in [-0.1, -0.05) is 44.4 Å². The van der Waals surface area contributed by atoms with Crippen LogP contribution >= 0.6 is 11.6 Å². The molecule has 3 heteroatoms. The first-order chi connectivity index (χ1) is 9.61. The lowest BCUT2D eigenvalue weighted by Crippen LogP contribution is -2.36. The molecule has 1 fully saturated rings. The number of anilines is 1. The highest BCUT2D eigenvalue weighted by molar-refractivity contribution is 6.33. The van der Waals surface area contributed by atoms with Gasteiger partial charge in [0.25, 0.3) is 0 Å². The Morgan fingerprint density at radius 1 is 1.30 bits per heavy atom. The van der Waals surface area contributed by atoms with Crippen LogP contribution in [-0.4, -0.2) is 19.1 Å². The molecule has 0 atom stereocenters. The molecule has 0 saturated heterocycles. The molecule has 1 aliphatic rings. The minimum atomic E-state index is 0.649. The van der Waals surface area contributed by atoms with Crippen molar-refractivity contribution in [2.75, 3.05) is 18.0 Å². The fraction of sp³-hybridized carbons (Fsp3) is 0.647. The van der Waals surface area contributed by atoms with E-state index in [1.807, 2.05) is 0 Å². The van der Waals surface area contributed by atoms with Gasteiger partial charge in [-0.25, -0.2) is 0 Å². The molecule has 0 aliphatic heterocycles. The Hall–Kier alpha value is -0.730. The monoisotopic (exact) mass is 294 g/mol. The molecule has 0 radical (unpaired) electrons. The molecule has 0 bridgehead atoms. The second-order valence-electron chi connectivity index (χ2n) is 6.31. The maximum absolute atomic E-state index is 6.54. The Morgan fingerprint density at radius 3 is 2.55 bits per heavy atom. The van der Waals surface area contributed by atoms with E-state index in [0.717, 1.165) is 18.0 Å². The van der Waals surface area contributed by atoms with Crippen LogP contribution in [0.15, 0.2) is 18.2 Å². The molecule has 20 heavy (non-hydrogen) atoms. The average molecular weight is 295 g/mol. The first-order valence-electron chi connectivity index (χ1n) is 7.87. The summed E-state index contributed by atoms with van der Waals surface area (Å²) in [4.78, 5) is 2.53. The van der Waals surface area contributed by atoms with Crippen molar-refractivity contribution in [3.63, 3.8) is 0 Å². The van der Waals surface area contributed by atoms with Crippen molar-refractivity contribution in [1.82, 2.24) is 0 Å². The van der Waals surface area contributed by atoms with Crippen molar-refractivity contribution in [3.8, 4) is 0 Å².